The Kier molecular flexibility index (Phi) is 4.42. The van der Waals surface area contributed by atoms with Gasteiger partial charge in [0.15, 0.2) is 0 Å². The molecule has 0 amide bonds. The molecule has 1 aromatic heterocycles. The fraction of sp³-hybridized carbons (Fsp3) is 0.643. The fourth-order valence-electron chi connectivity index (χ4n) is 2.46. The van der Waals surface area contributed by atoms with Crippen LogP contribution in [-0.2, 0) is 0 Å². The number of nitrogens with two attached hydrogens (primary N) is 1. The molecule has 0 aliphatic carbocycles. The molecule has 1 aromatic rings. The third-order valence-electron chi connectivity index (χ3n) is 3.53. The summed E-state index contributed by atoms with van der Waals surface area (Å²) in [5, 5.41) is 0. The number of hydrogen-bond donors (Lipinski definition) is 1. The summed E-state index contributed by atoms with van der Waals surface area (Å²) < 4.78 is 5.45. The van der Waals surface area contributed by atoms with Gasteiger partial charge in [0.1, 0.15) is 5.82 Å². The van der Waals surface area contributed by atoms with Crippen LogP contribution in [0, 0.1) is 5.92 Å². The molecule has 4 heteroatoms. The van der Waals surface area contributed by atoms with E-state index in [1.807, 2.05) is 25.1 Å². The van der Waals surface area contributed by atoms with E-state index in [1.54, 1.807) is 0 Å². The van der Waals surface area contributed by atoms with Crippen LogP contribution in [0.4, 0.5) is 5.82 Å². The minimum Gasteiger partial charge on any atom is -0.478 e. The molecule has 2 N–H and O–H groups in total. The lowest BCUT2D eigenvalue weighted by Crippen LogP contribution is -2.42. The maximum atomic E-state index is 6.01. The first-order valence-corrected chi connectivity index (χ1v) is 6.81. The molecule has 0 saturated carbocycles. The summed E-state index contributed by atoms with van der Waals surface area (Å²) in [6.45, 7) is 6.78. The average molecular weight is 249 g/mol. The number of piperidine rings is 1. The molecule has 1 aliphatic rings. The Morgan fingerprint density at radius 2 is 2.39 bits per heavy atom. The Morgan fingerprint density at radius 3 is 3.11 bits per heavy atom. The van der Waals surface area contributed by atoms with Gasteiger partial charge in [0, 0.05) is 25.2 Å². The van der Waals surface area contributed by atoms with E-state index in [-0.39, 0.29) is 6.04 Å². The molecule has 4 nitrogen and oxygen atoms in total. The average Bonchev–Trinajstić information content (AvgIpc) is 2.39. The fourth-order valence-corrected chi connectivity index (χ4v) is 2.46. The summed E-state index contributed by atoms with van der Waals surface area (Å²) in [7, 11) is 0. The minimum absolute atomic E-state index is 0.253. The highest BCUT2D eigenvalue weighted by atomic mass is 16.5. The summed E-state index contributed by atoms with van der Waals surface area (Å²) >= 11 is 0. The zero-order chi connectivity index (χ0) is 13.0. The van der Waals surface area contributed by atoms with E-state index in [1.165, 1.54) is 12.8 Å². The first-order valence-electron chi connectivity index (χ1n) is 6.81. The predicted octanol–water partition coefficient (Wildman–Crippen LogP) is 2.04. The molecule has 0 radical (unpaired) electrons. The standard InChI is InChI=1S/C14H23N3O/c1-3-18-14-8-4-7-13(16-14)17-9-5-6-12(10-17)11(2)15/h4,7-8,11-12H,3,5-6,9-10,15H2,1-2H3. The summed E-state index contributed by atoms with van der Waals surface area (Å²) in [5.41, 5.74) is 6.01. The van der Waals surface area contributed by atoms with Gasteiger partial charge in [0.2, 0.25) is 5.88 Å². The minimum atomic E-state index is 0.253. The van der Waals surface area contributed by atoms with Crippen molar-refractivity contribution >= 4 is 5.82 Å². The number of pyridine rings is 1. The zero-order valence-corrected chi connectivity index (χ0v) is 11.3. The molecule has 18 heavy (non-hydrogen) atoms. The van der Waals surface area contributed by atoms with Crippen LogP contribution in [0.25, 0.3) is 0 Å². The molecular weight excluding hydrogens is 226 g/mol. The lowest BCUT2D eigenvalue weighted by Gasteiger charge is -2.35. The van der Waals surface area contributed by atoms with E-state index in [9.17, 15) is 0 Å². The number of anilines is 1. The van der Waals surface area contributed by atoms with Crippen molar-refractivity contribution in [3.8, 4) is 5.88 Å². The molecule has 0 spiro atoms. The zero-order valence-electron chi connectivity index (χ0n) is 11.3. The van der Waals surface area contributed by atoms with Crippen LogP contribution in [0.5, 0.6) is 5.88 Å². The van der Waals surface area contributed by atoms with Crippen LogP contribution >= 0.6 is 0 Å². The highest BCUT2D eigenvalue weighted by Gasteiger charge is 2.23. The van der Waals surface area contributed by atoms with Gasteiger partial charge >= 0.3 is 0 Å². The molecular formula is C14H23N3O. The van der Waals surface area contributed by atoms with Crippen molar-refractivity contribution in [2.75, 3.05) is 24.6 Å². The number of nitrogens with zero attached hydrogens (tertiary/aromatic N) is 2. The highest BCUT2D eigenvalue weighted by Crippen LogP contribution is 2.24. The summed E-state index contributed by atoms with van der Waals surface area (Å²) in [6, 6.07) is 6.21. The monoisotopic (exact) mass is 249 g/mol. The van der Waals surface area contributed by atoms with Crippen molar-refractivity contribution in [2.45, 2.75) is 32.7 Å². The van der Waals surface area contributed by atoms with Gasteiger partial charge in [-0.2, -0.15) is 4.98 Å². The number of rotatable bonds is 4. The van der Waals surface area contributed by atoms with Gasteiger partial charge in [0.25, 0.3) is 0 Å². The summed E-state index contributed by atoms with van der Waals surface area (Å²) in [5.74, 6) is 2.28. The van der Waals surface area contributed by atoms with E-state index in [0.717, 1.165) is 18.9 Å². The van der Waals surface area contributed by atoms with Crippen molar-refractivity contribution in [2.24, 2.45) is 11.7 Å². The third-order valence-corrected chi connectivity index (χ3v) is 3.53. The van der Waals surface area contributed by atoms with Gasteiger partial charge in [-0.15, -0.1) is 0 Å². The van der Waals surface area contributed by atoms with Crippen molar-refractivity contribution in [3.05, 3.63) is 18.2 Å². The van der Waals surface area contributed by atoms with Gasteiger partial charge in [-0.25, -0.2) is 0 Å². The number of hydrogen-bond acceptors (Lipinski definition) is 4. The predicted molar refractivity (Wildman–Crippen MR) is 74.0 cm³/mol. The summed E-state index contributed by atoms with van der Waals surface area (Å²) in [6.07, 6.45) is 2.41. The van der Waals surface area contributed by atoms with Gasteiger partial charge in [0.05, 0.1) is 6.61 Å². The second-order valence-corrected chi connectivity index (χ2v) is 4.97. The Morgan fingerprint density at radius 1 is 1.56 bits per heavy atom. The Labute approximate surface area is 109 Å². The van der Waals surface area contributed by atoms with Gasteiger partial charge in [-0.3, -0.25) is 0 Å². The molecule has 1 aliphatic heterocycles. The summed E-state index contributed by atoms with van der Waals surface area (Å²) in [4.78, 5) is 6.86. The first kappa shape index (κ1) is 13.1. The van der Waals surface area contributed by atoms with E-state index in [2.05, 4.69) is 16.8 Å². The van der Waals surface area contributed by atoms with Crippen LogP contribution in [0.15, 0.2) is 18.2 Å². The van der Waals surface area contributed by atoms with Crippen LogP contribution in [0.2, 0.25) is 0 Å². The Hall–Kier alpha value is -1.29. The topological polar surface area (TPSA) is 51.4 Å². The smallest absolute Gasteiger partial charge is 0.215 e. The molecule has 2 heterocycles. The largest absolute Gasteiger partial charge is 0.478 e. The molecule has 0 aromatic carbocycles. The van der Waals surface area contributed by atoms with E-state index in [4.69, 9.17) is 10.5 Å². The Balaban J connectivity index is 2.08. The molecule has 2 rings (SSSR count). The highest BCUT2D eigenvalue weighted by molar-refractivity contribution is 5.41. The Bertz CT molecular complexity index is 381. The second-order valence-electron chi connectivity index (χ2n) is 4.97. The quantitative estimate of drug-likeness (QED) is 0.887. The molecule has 0 bridgehead atoms. The van der Waals surface area contributed by atoms with Crippen molar-refractivity contribution in [1.29, 1.82) is 0 Å². The SMILES string of the molecule is CCOc1cccc(N2CCCC(C(C)N)C2)n1. The lowest BCUT2D eigenvalue weighted by atomic mass is 9.92. The van der Waals surface area contributed by atoms with Gasteiger partial charge < -0.3 is 15.4 Å². The van der Waals surface area contributed by atoms with Crippen LogP contribution in [0.3, 0.4) is 0 Å². The molecule has 1 saturated heterocycles. The third kappa shape index (κ3) is 3.13. The molecule has 100 valence electrons. The van der Waals surface area contributed by atoms with Crippen molar-refractivity contribution in [3.63, 3.8) is 0 Å². The molecule has 2 unspecified atom stereocenters. The van der Waals surface area contributed by atoms with E-state index >= 15 is 0 Å². The van der Waals surface area contributed by atoms with Crippen LogP contribution in [0.1, 0.15) is 26.7 Å². The lowest BCUT2D eigenvalue weighted by molar-refractivity contribution is 0.325. The number of ether oxygens (including phenoxy) is 1. The normalized spacial score (nSPS) is 21.7. The second kappa shape index (κ2) is 6.05. The maximum absolute atomic E-state index is 6.01. The first-order chi connectivity index (χ1) is 8.70. The van der Waals surface area contributed by atoms with Crippen LogP contribution in [-0.4, -0.2) is 30.7 Å². The van der Waals surface area contributed by atoms with Gasteiger partial charge in [-0.1, -0.05) is 6.07 Å². The van der Waals surface area contributed by atoms with E-state index < -0.39 is 0 Å². The van der Waals surface area contributed by atoms with Crippen LogP contribution < -0.4 is 15.4 Å². The van der Waals surface area contributed by atoms with Crippen molar-refractivity contribution in [1.82, 2.24) is 4.98 Å². The van der Waals surface area contributed by atoms with E-state index in [0.29, 0.717) is 18.4 Å². The maximum Gasteiger partial charge on any atom is 0.215 e. The van der Waals surface area contributed by atoms with Crippen molar-refractivity contribution < 1.29 is 4.74 Å². The molecule has 1 fully saturated rings. The van der Waals surface area contributed by atoms with Gasteiger partial charge in [-0.05, 0) is 38.7 Å². The number of aromatic nitrogens is 1. The molecule has 2 atom stereocenters.